The molecule has 124 valence electrons. The van der Waals surface area contributed by atoms with Crippen molar-refractivity contribution < 1.29 is 11.4 Å². The van der Waals surface area contributed by atoms with E-state index in [1.54, 1.807) is 12.1 Å². The summed E-state index contributed by atoms with van der Waals surface area (Å²) >= 11 is -2.38. The second kappa shape index (κ2) is 6.80. The summed E-state index contributed by atoms with van der Waals surface area (Å²) in [6, 6.07) is 7.44. The van der Waals surface area contributed by atoms with E-state index in [0.717, 1.165) is 26.8 Å². The molecular formula is C21H32GeN+. The van der Waals surface area contributed by atoms with Crippen LogP contribution in [-0.4, -0.2) is 13.3 Å². The van der Waals surface area contributed by atoms with Crippen LogP contribution in [0.25, 0.3) is 11.3 Å². The number of aromatic nitrogens is 1. The number of hydrogen-bond acceptors (Lipinski definition) is 0. The van der Waals surface area contributed by atoms with Gasteiger partial charge in [0.2, 0.25) is 0 Å². The van der Waals surface area contributed by atoms with Gasteiger partial charge in [0.05, 0.1) is 0 Å². The van der Waals surface area contributed by atoms with Crippen molar-refractivity contribution in [2.45, 2.75) is 51.3 Å². The van der Waals surface area contributed by atoms with Crippen molar-refractivity contribution in [1.82, 2.24) is 0 Å². The van der Waals surface area contributed by atoms with Crippen molar-refractivity contribution in [2.24, 2.45) is 13.0 Å². The SMILES string of the molecule is [2H]C([2H])([2H])c1ccc(-c2c[c]([Ge]([CH3])([CH3])[CH3])c(C([2H])([2H])C(C)C)c[n+]2C)c(C)c1. The molecule has 0 spiro atoms. The quantitative estimate of drug-likeness (QED) is 0.545. The van der Waals surface area contributed by atoms with Gasteiger partial charge in [-0.2, -0.15) is 0 Å². The van der Waals surface area contributed by atoms with Crippen molar-refractivity contribution in [1.29, 1.82) is 0 Å². The van der Waals surface area contributed by atoms with Crippen LogP contribution >= 0.6 is 0 Å². The zero-order valence-electron chi connectivity index (χ0n) is 20.4. The van der Waals surface area contributed by atoms with Crippen molar-refractivity contribution in [3.8, 4) is 11.3 Å². The van der Waals surface area contributed by atoms with Gasteiger partial charge in [-0.05, 0) is 0 Å². The average Bonchev–Trinajstić information content (AvgIpc) is 2.52. The molecule has 1 heterocycles. The standard InChI is InChI=1S/C21H32GeN/c1-15(2)11-18-14-23(8)21(13-20(18)22(5,6)7)19-10-9-16(3)12-17(19)4/h9-10,12-15H,11H2,1-8H3/q+1/i3D3,11D2. The third-order valence-electron chi connectivity index (χ3n) is 4.03. The Morgan fingerprint density at radius 2 is 1.91 bits per heavy atom. The molecule has 1 nitrogen and oxygen atoms in total. The Morgan fingerprint density at radius 3 is 2.43 bits per heavy atom. The van der Waals surface area contributed by atoms with Crippen molar-refractivity contribution in [2.75, 3.05) is 0 Å². The van der Waals surface area contributed by atoms with Crippen LogP contribution < -0.4 is 8.96 Å². The predicted octanol–water partition coefficient (Wildman–Crippen LogP) is 4.54. The van der Waals surface area contributed by atoms with Gasteiger partial charge in [-0.1, -0.05) is 0 Å². The Balaban J connectivity index is 2.75. The van der Waals surface area contributed by atoms with Crippen LogP contribution in [0.4, 0.5) is 0 Å². The first-order chi connectivity index (χ1) is 12.6. The predicted molar refractivity (Wildman–Crippen MR) is 104 cm³/mol. The van der Waals surface area contributed by atoms with Gasteiger partial charge in [-0.15, -0.1) is 0 Å². The zero-order valence-corrected chi connectivity index (χ0v) is 17.5. The third kappa shape index (κ3) is 4.26. The first-order valence-electron chi connectivity index (χ1n) is 10.7. The molecule has 1 aromatic carbocycles. The van der Waals surface area contributed by atoms with Gasteiger partial charge >= 0.3 is 152 Å². The van der Waals surface area contributed by atoms with Crippen LogP contribution in [-0.2, 0) is 13.4 Å². The molecule has 0 fully saturated rings. The van der Waals surface area contributed by atoms with Gasteiger partial charge in [0, 0.05) is 0 Å². The number of aryl methyl sites for hydroxylation is 3. The monoisotopic (exact) mass is 377 g/mol. The molecule has 0 N–H and O–H groups in total. The second-order valence-corrected chi connectivity index (χ2v) is 18.2. The van der Waals surface area contributed by atoms with E-state index < -0.39 is 26.5 Å². The van der Waals surface area contributed by atoms with E-state index in [-0.39, 0.29) is 5.92 Å². The van der Waals surface area contributed by atoms with Gasteiger partial charge in [0.15, 0.2) is 0 Å². The first kappa shape index (κ1) is 12.3. The van der Waals surface area contributed by atoms with Gasteiger partial charge in [0.25, 0.3) is 0 Å². The van der Waals surface area contributed by atoms with E-state index in [9.17, 15) is 0 Å². The van der Waals surface area contributed by atoms with E-state index in [4.69, 9.17) is 6.85 Å². The van der Waals surface area contributed by atoms with Crippen molar-refractivity contribution >= 4 is 17.7 Å². The van der Waals surface area contributed by atoms with Crippen LogP contribution in [0.3, 0.4) is 0 Å². The topological polar surface area (TPSA) is 3.88 Å². The summed E-state index contributed by atoms with van der Waals surface area (Å²) in [7, 11) is 1.94. The second-order valence-electron chi connectivity index (χ2n) is 7.68. The number of pyridine rings is 1. The normalized spacial score (nSPS) is 16.4. The summed E-state index contributed by atoms with van der Waals surface area (Å²) < 4.78 is 43.4. The molecule has 0 aliphatic heterocycles. The molecule has 2 aromatic rings. The van der Waals surface area contributed by atoms with E-state index in [1.807, 2.05) is 44.6 Å². The van der Waals surface area contributed by atoms with Crippen LogP contribution in [0.1, 0.15) is 37.4 Å². The third-order valence-corrected chi connectivity index (χ3v) is 8.29. The molecule has 0 aliphatic rings. The average molecular weight is 376 g/mol. The molecule has 1 aromatic heterocycles. The zero-order chi connectivity index (χ0) is 21.7. The maximum absolute atomic E-state index is 8.67. The molecule has 23 heavy (non-hydrogen) atoms. The fourth-order valence-corrected chi connectivity index (χ4v) is 6.09. The molecular weight excluding hydrogens is 339 g/mol. The minimum atomic E-state index is -2.38. The van der Waals surface area contributed by atoms with Crippen LogP contribution in [0.2, 0.25) is 17.3 Å². The van der Waals surface area contributed by atoms with Crippen LogP contribution in [0.5, 0.6) is 0 Å². The number of nitrogens with zero attached hydrogens (tertiary/aromatic N) is 1. The number of hydrogen-bond donors (Lipinski definition) is 0. The van der Waals surface area contributed by atoms with Gasteiger partial charge in [-0.25, -0.2) is 0 Å². The van der Waals surface area contributed by atoms with Crippen molar-refractivity contribution in [3.05, 3.63) is 47.2 Å². The summed E-state index contributed by atoms with van der Waals surface area (Å²) in [6.07, 6.45) is 0.544. The summed E-state index contributed by atoms with van der Waals surface area (Å²) in [4.78, 5) is 0. The summed E-state index contributed by atoms with van der Waals surface area (Å²) in [6.45, 7) is 3.66. The van der Waals surface area contributed by atoms with E-state index in [0.29, 0.717) is 5.56 Å². The van der Waals surface area contributed by atoms with Crippen LogP contribution in [0.15, 0.2) is 30.5 Å². The minimum absolute atomic E-state index is 0.123. The molecule has 0 saturated heterocycles. The Bertz CT molecular complexity index is 880. The fourth-order valence-electron chi connectivity index (χ4n) is 2.91. The van der Waals surface area contributed by atoms with E-state index in [1.165, 1.54) is 0 Å². The molecule has 0 aliphatic carbocycles. The van der Waals surface area contributed by atoms with Crippen molar-refractivity contribution in [3.63, 3.8) is 0 Å². The number of rotatable bonds is 4. The molecule has 0 radical (unpaired) electrons. The summed E-state index contributed by atoms with van der Waals surface area (Å²) in [5.74, 6) is 6.72. The molecule has 0 atom stereocenters. The van der Waals surface area contributed by atoms with Gasteiger partial charge in [-0.3, -0.25) is 0 Å². The molecule has 0 saturated carbocycles. The fraction of sp³-hybridized carbons (Fsp3) is 0.476. The molecule has 2 heteroatoms. The van der Waals surface area contributed by atoms with Crippen LogP contribution in [0, 0.1) is 19.7 Å². The first-order valence-corrected chi connectivity index (χ1v) is 15.6. The molecule has 0 amide bonds. The molecule has 0 unspecified atom stereocenters. The van der Waals surface area contributed by atoms with Gasteiger partial charge in [0.1, 0.15) is 0 Å². The summed E-state index contributed by atoms with van der Waals surface area (Å²) in [5.41, 5.74) is 4.03. The Morgan fingerprint density at radius 1 is 1.22 bits per heavy atom. The number of benzene rings is 1. The Kier molecular flexibility index (Phi) is 3.64. The Hall–Kier alpha value is -1.09. The maximum atomic E-state index is 8.67. The molecule has 2 rings (SSSR count). The van der Waals surface area contributed by atoms with E-state index >= 15 is 0 Å². The molecule has 0 bridgehead atoms. The summed E-state index contributed by atoms with van der Waals surface area (Å²) in [5, 5.41) is 0. The Labute approximate surface area is 152 Å². The van der Waals surface area contributed by atoms with Gasteiger partial charge < -0.3 is 0 Å². The van der Waals surface area contributed by atoms with E-state index in [2.05, 4.69) is 23.3 Å².